The van der Waals surface area contributed by atoms with Crippen molar-refractivity contribution in [2.24, 2.45) is 0 Å². The van der Waals surface area contributed by atoms with Crippen molar-refractivity contribution in [3.63, 3.8) is 0 Å². The molecule has 8 heteroatoms. The maximum absolute atomic E-state index is 12.0. The van der Waals surface area contributed by atoms with Crippen LogP contribution in [0.4, 0.5) is 0 Å². The Bertz CT molecular complexity index is 1040. The van der Waals surface area contributed by atoms with Crippen molar-refractivity contribution >= 4 is 45.7 Å². The van der Waals surface area contributed by atoms with Crippen molar-refractivity contribution in [3.8, 4) is 5.75 Å². The molecule has 0 unspecified atom stereocenters. The van der Waals surface area contributed by atoms with Gasteiger partial charge in [-0.1, -0.05) is 40.9 Å². The molecule has 3 aromatic rings. The number of para-hydroxylation sites is 1. The molecule has 3 rings (SSSR count). The highest BCUT2D eigenvalue weighted by Gasteiger charge is 2.12. The predicted octanol–water partition coefficient (Wildman–Crippen LogP) is 4.38. The number of nitrogens with zero attached hydrogens (tertiary/aromatic N) is 1. The van der Waals surface area contributed by atoms with Crippen molar-refractivity contribution in [2.75, 3.05) is 6.61 Å². The Morgan fingerprint density at radius 2 is 1.84 bits per heavy atom. The lowest BCUT2D eigenvalue weighted by molar-refractivity contribution is 0.297. The highest BCUT2D eigenvalue weighted by molar-refractivity contribution is 6.35. The summed E-state index contributed by atoms with van der Waals surface area (Å²) >= 11 is 18.1. The number of fused-ring (bicyclic) bond motifs is 1. The smallest absolute Gasteiger partial charge is 0.422 e. The highest BCUT2D eigenvalue weighted by Crippen LogP contribution is 2.27. The maximum Gasteiger partial charge on any atom is 0.422 e. The minimum atomic E-state index is -0.758. The summed E-state index contributed by atoms with van der Waals surface area (Å²) in [4.78, 5) is 23.8. The number of ether oxygens (including phenoxy) is 1. The van der Waals surface area contributed by atoms with Gasteiger partial charge in [0.1, 0.15) is 5.75 Å². The van der Waals surface area contributed by atoms with E-state index in [4.69, 9.17) is 44.0 Å². The number of aryl methyl sites for hydroxylation is 1. The summed E-state index contributed by atoms with van der Waals surface area (Å²) < 4.78 is 11.7. The van der Waals surface area contributed by atoms with E-state index >= 15 is 0 Å². The van der Waals surface area contributed by atoms with Crippen molar-refractivity contribution in [1.82, 2.24) is 4.57 Å². The molecule has 0 fully saturated rings. The van der Waals surface area contributed by atoms with E-state index in [-0.39, 0.29) is 18.5 Å². The van der Waals surface area contributed by atoms with Gasteiger partial charge in [-0.25, -0.2) is 9.59 Å². The van der Waals surface area contributed by atoms with E-state index in [0.717, 1.165) is 0 Å². The Labute approximate surface area is 157 Å². The Morgan fingerprint density at radius 3 is 2.64 bits per heavy atom. The van der Waals surface area contributed by atoms with Gasteiger partial charge in [0.25, 0.3) is 0 Å². The fourth-order valence-electron chi connectivity index (χ4n) is 2.43. The summed E-state index contributed by atoms with van der Waals surface area (Å²) in [5, 5.41) is 1.52. The Balaban J connectivity index is 1.79. The fraction of sp³-hybridized carbons (Fsp3) is 0.176. The van der Waals surface area contributed by atoms with Crippen LogP contribution in [0.15, 0.2) is 50.4 Å². The minimum absolute atomic E-state index is 0.255. The van der Waals surface area contributed by atoms with Crippen LogP contribution < -0.4 is 16.1 Å². The van der Waals surface area contributed by atoms with Gasteiger partial charge >= 0.3 is 11.4 Å². The second-order valence-electron chi connectivity index (χ2n) is 5.22. The molecule has 0 amide bonds. The van der Waals surface area contributed by atoms with Crippen molar-refractivity contribution < 1.29 is 9.15 Å². The van der Waals surface area contributed by atoms with Crippen LogP contribution in [0.3, 0.4) is 0 Å². The average molecular weight is 401 g/mol. The highest BCUT2D eigenvalue weighted by atomic mass is 35.5. The van der Waals surface area contributed by atoms with Crippen LogP contribution in [-0.2, 0) is 6.54 Å². The first-order chi connectivity index (χ1) is 12.0. The van der Waals surface area contributed by atoms with Crippen LogP contribution >= 0.6 is 34.8 Å². The van der Waals surface area contributed by atoms with E-state index in [0.29, 0.717) is 32.8 Å². The van der Waals surface area contributed by atoms with Gasteiger partial charge in [-0.3, -0.25) is 4.57 Å². The van der Waals surface area contributed by atoms with E-state index < -0.39 is 11.4 Å². The minimum Gasteiger partial charge on any atom is -0.492 e. The van der Waals surface area contributed by atoms with Gasteiger partial charge in [0.05, 0.1) is 27.6 Å². The van der Waals surface area contributed by atoms with E-state index in [9.17, 15) is 9.59 Å². The van der Waals surface area contributed by atoms with Gasteiger partial charge in [-0.2, -0.15) is 0 Å². The van der Waals surface area contributed by atoms with Gasteiger partial charge in [-0.05, 0) is 30.7 Å². The maximum atomic E-state index is 12.0. The molecular formula is C17H12Cl3NO4. The molecule has 0 aliphatic rings. The normalized spacial score (nSPS) is 11.0. The SMILES string of the molecule is O=c1oc(=O)n(CCCOc2cc(Cl)ccc2Cl)c2c(Cl)cccc12. The monoisotopic (exact) mass is 399 g/mol. The summed E-state index contributed by atoms with van der Waals surface area (Å²) in [5.41, 5.74) is -0.355. The first-order valence-electron chi connectivity index (χ1n) is 7.37. The number of rotatable bonds is 5. The molecule has 0 bridgehead atoms. The number of halogens is 3. The average Bonchev–Trinajstić information content (AvgIpc) is 2.57. The molecule has 2 aromatic carbocycles. The van der Waals surface area contributed by atoms with Crippen molar-refractivity contribution in [3.05, 3.63) is 72.4 Å². The molecule has 0 N–H and O–H groups in total. The van der Waals surface area contributed by atoms with E-state index in [1.807, 2.05) is 0 Å². The summed E-state index contributed by atoms with van der Waals surface area (Å²) in [6.07, 6.45) is 0.469. The van der Waals surface area contributed by atoms with Crippen molar-refractivity contribution in [2.45, 2.75) is 13.0 Å². The van der Waals surface area contributed by atoms with Gasteiger partial charge in [0.2, 0.25) is 0 Å². The van der Waals surface area contributed by atoms with Crippen LogP contribution in [0, 0.1) is 0 Å². The van der Waals surface area contributed by atoms with Gasteiger partial charge in [0, 0.05) is 17.6 Å². The lowest BCUT2D eigenvalue weighted by atomic mass is 10.2. The molecule has 0 saturated heterocycles. The van der Waals surface area contributed by atoms with Crippen LogP contribution in [0.1, 0.15) is 6.42 Å². The number of aromatic nitrogens is 1. The zero-order valence-electron chi connectivity index (χ0n) is 12.8. The molecule has 0 atom stereocenters. The summed E-state index contributed by atoms with van der Waals surface area (Å²) in [6.45, 7) is 0.554. The third-order valence-corrected chi connectivity index (χ3v) is 4.41. The Morgan fingerprint density at radius 1 is 1.04 bits per heavy atom. The number of benzene rings is 2. The molecule has 0 saturated carbocycles. The van der Waals surface area contributed by atoms with Gasteiger partial charge < -0.3 is 9.15 Å². The third kappa shape index (κ3) is 3.84. The Kier molecular flexibility index (Phi) is 5.37. The molecule has 0 aliphatic carbocycles. The lowest BCUT2D eigenvalue weighted by Crippen LogP contribution is -2.26. The van der Waals surface area contributed by atoms with E-state index in [2.05, 4.69) is 0 Å². The second kappa shape index (κ2) is 7.52. The first-order valence-corrected chi connectivity index (χ1v) is 8.51. The predicted molar refractivity (Wildman–Crippen MR) is 98.3 cm³/mol. The largest absolute Gasteiger partial charge is 0.492 e. The molecule has 25 heavy (non-hydrogen) atoms. The van der Waals surface area contributed by atoms with E-state index in [1.54, 1.807) is 36.4 Å². The zero-order valence-corrected chi connectivity index (χ0v) is 15.1. The van der Waals surface area contributed by atoms with Crippen LogP contribution in [0.2, 0.25) is 15.1 Å². The van der Waals surface area contributed by atoms with Crippen LogP contribution in [0.5, 0.6) is 5.75 Å². The zero-order chi connectivity index (χ0) is 18.0. The molecule has 5 nitrogen and oxygen atoms in total. The molecule has 0 radical (unpaired) electrons. The molecular weight excluding hydrogens is 389 g/mol. The standard InChI is InChI=1S/C17H12Cl3NO4/c18-10-5-6-12(19)14(9-10)24-8-2-7-21-15-11(3-1-4-13(15)20)16(22)25-17(21)23/h1,3-6,9H,2,7-8H2. The Hall–Kier alpha value is -1.95. The summed E-state index contributed by atoms with van der Waals surface area (Å²) in [7, 11) is 0. The molecule has 130 valence electrons. The lowest BCUT2D eigenvalue weighted by Gasteiger charge is -2.11. The number of hydrogen-bond acceptors (Lipinski definition) is 4. The topological polar surface area (TPSA) is 61.4 Å². The van der Waals surface area contributed by atoms with Crippen LogP contribution in [0.25, 0.3) is 10.9 Å². The summed E-state index contributed by atoms with van der Waals surface area (Å²) in [6, 6.07) is 9.72. The third-order valence-electron chi connectivity index (χ3n) is 3.55. The molecule has 1 heterocycles. The van der Waals surface area contributed by atoms with Gasteiger partial charge in [0.15, 0.2) is 0 Å². The fourth-order valence-corrected chi connectivity index (χ4v) is 3.04. The molecule has 0 spiro atoms. The quantitative estimate of drug-likeness (QED) is 0.596. The number of hydrogen-bond donors (Lipinski definition) is 0. The van der Waals surface area contributed by atoms with Crippen LogP contribution in [-0.4, -0.2) is 11.2 Å². The first kappa shape index (κ1) is 17.9. The van der Waals surface area contributed by atoms with E-state index in [1.165, 1.54) is 4.57 Å². The van der Waals surface area contributed by atoms with Crippen molar-refractivity contribution in [1.29, 1.82) is 0 Å². The van der Waals surface area contributed by atoms with Gasteiger partial charge in [-0.15, -0.1) is 0 Å². The summed E-state index contributed by atoms with van der Waals surface area (Å²) in [5.74, 6) is -0.296. The molecule has 1 aromatic heterocycles. The molecule has 0 aliphatic heterocycles. The second-order valence-corrected chi connectivity index (χ2v) is 6.47.